The van der Waals surface area contributed by atoms with Crippen LogP contribution in [0.2, 0.25) is 10.0 Å². The van der Waals surface area contributed by atoms with E-state index < -0.39 is 11.8 Å². The van der Waals surface area contributed by atoms with Crippen molar-refractivity contribution in [2.45, 2.75) is 20.8 Å². The Kier molecular flexibility index (Phi) is 5.17. The van der Waals surface area contributed by atoms with E-state index in [2.05, 4.69) is 0 Å². The van der Waals surface area contributed by atoms with Crippen LogP contribution in [-0.4, -0.2) is 12.6 Å². The number of ether oxygens (including phenoxy) is 1. The van der Waals surface area contributed by atoms with E-state index in [1.54, 1.807) is 20.8 Å². The molecule has 0 aromatic heterocycles. The van der Waals surface area contributed by atoms with E-state index in [0.717, 1.165) is 0 Å². The second kappa shape index (κ2) is 6.21. The Bertz CT molecular complexity index is 510. The first-order chi connectivity index (χ1) is 8.38. The van der Waals surface area contributed by atoms with Crippen molar-refractivity contribution in [1.29, 1.82) is 0 Å². The molecule has 0 unspecified atom stereocenters. The number of hydrogen-bond acceptors (Lipinski definition) is 2. The van der Waals surface area contributed by atoms with Gasteiger partial charge < -0.3 is 4.74 Å². The van der Waals surface area contributed by atoms with E-state index in [1.807, 2.05) is 0 Å². The summed E-state index contributed by atoms with van der Waals surface area (Å²) < 4.78 is 18.3. The van der Waals surface area contributed by atoms with Gasteiger partial charge in [0.1, 0.15) is 5.82 Å². The molecular formula is C13H13Cl2FO2. The monoisotopic (exact) mass is 290 g/mol. The largest absolute Gasteiger partial charge is 0.463 e. The third kappa shape index (κ3) is 3.24. The molecule has 0 radical (unpaired) electrons. The quantitative estimate of drug-likeness (QED) is 0.466. The summed E-state index contributed by atoms with van der Waals surface area (Å²) in [6.07, 6.45) is 0. The third-order valence-electron chi connectivity index (χ3n) is 2.56. The lowest BCUT2D eigenvalue weighted by atomic mass is 10.0. The number of hydrogen-bond donors (Lipinski definition) is 0. The van der Waals surface area contributed by atoms with Crippen molar-refractivity contribution in [3.8, 4) is 0 Å². The standard InChI is InChI=1S/C13H13Cl2FO2/c1-4-18-13(17)8(3)7(2)9-5-12(16)11(15)6-10(9)14/h5-6H,4H2,1-3H3/b8-7-. The van der Waals surface area contributed by atoms with Crippen molar-refractivity contribution >= 4 is 34.7 Å². The summed E-state index contributed by atoms with van der Waals surface area (Å²) in [5.74, 6) is -1.02. The average Bonchev–Trinajstić information content (AvgIpc) is 2.32. The highest BCUT2D eigenvalue weighted by Crippen LogP contribution is 2.30. The molecule has 0 N–H and O–H groups in total. The fourth-order valence-electron chi connectivity index (χ4n) is 1.40. The number of esters is 1. The molecule has 0 bridgehead atoms. The van der Waals surface area contributed by atoms with Gasteiger partial charge in [-0.15, -0.1) is 0 Å². The van der Waals surface area contributed by atoms with Crippen molar-refractivity contribution < 1.29 is 13.9 Å². The first kappa shape index (κ1) is 15.0. The first-order valence-corrected chi connectivity index (χ1v) is 6.13. The summed E-state index contributed by atoms with van der Waals surface area (Å²) in [5, 5.41) is 0.243. The van der Waals surface area contributed by atoms with Gasteiger partial charge in [0.15, 0.2) is 0 Å². The van der Waals surface area contributed by atoms with Crippen LogP contribution in [0, 0.1) is 5.82 Å². The van der Waals surface area contributed by atoms with Crippen LogP contribution in [-0.2, 0) is 9.53 Å². The van der Waals surface area contributed by atoms with Gasteiger partial charge in [-0.3, -0.25) is 0 Å². The van der Waals surface area contributed by atoms with E-state index in [1.165, 1.54) is 12.1 Å². The molecular weight excluding hydrogens is 278 g/mol. The summed E-state index contributed by atoms with van der Waals surface area (Å²) in [4.78, 5) is 11.6. The van der Waals surface area contributed by atoms with Crippen LogP contribution in [0.25, 0.3) is 5.57 Å². The Morgan fingerprint density at radius 3 is 2.44 bits per heavy atom. The molecule has 0 aliphatic carbocycles. The predicted octanol–water partition coefficient (Wildman–Crippen LogP) is 4.49. The Labute approximate surface area is 115 Å². The molecule has 2 nitrogen and oxygen atoms in total. The molecule has 0 saturated carbocycles. The van der Waals surface area contributed by atoms with E-state index in [9.17, 15) is 9.18 Å². The van der Waals surface area contributed by atoms with Crippen LogP contribution >= 0.6 is 23.2 Å². The highest BCUT2D eigenvalue weighted by atomic mass is 35.5. The molecule has 0 heterocycles. The van der Waals surface area contributed by atoms with Gasteiger partial charge >= 0.3 is 5.97 Å². The number of carbonyl (C=O) groups excluding carboxylic acids is 1. The lowest BCUT2D eigenvalue weighted by molar-refractivity contribution is -0.138. The summed E-state index contributed by atoms with van der Waals surface area (Å²) in [5.41, 5.74) is 1.39. The molecule has 0 fully saturated rings. The van der Waals surface area contributed by atoms with Gasteiger partial charge in [-0.1, -0.05) is 23.2 Å². The number of carbonyl (C=O) groups is 1. The van der Waals surface area contributed by atoms with E-state index in [4.69, 9.17) is 27.9 Å². The number of allylic oxidation sites excluding steroid dienone is 1. The summed E-state index contributed by atoms with van der Waals surface area (Å²) >= 11 is 11.6. The normalized spacial score (nSPS) is 12.1. The molecule has 98 valence electrons. The molecule has 0 aliphatic heterocycles. The van der Waals surface area contributed by atoms with Crippen molar-refractivity contribution in [3.05, 3.63) is 39.1 Å². The van der Waals surface area contributed by atoms with E-state index in [-0.39, 0.29) is 11.6 Å². The van der Waals surface area contributed by atoms with Gasteiger partial charge in [0.05, 0.1) is 11.6 Å². The molecule has 18 heavy (non-hydrogen) atoms. The summed E-state index contributed by atoms with van der Waals surface area (Å²) in [6.45, 7) is 5.29. The lowest BCUT2D eigenvalue weighted by Gasteiger charge is -2.10. The molecule has 0 saturated heterocycles. The molecule has 0 atom stereocenters. The van der Waals surface area contributed by atoms with Crippen LogP contribution < -0.4 is 0 Å². The Morgan fingerprint density at radius 1 is 1.28 bits per heavy atom. The minimum atomic E-state index is -0.577. The fourth-order valence-corrected chi connectivity index (χ4v) is 1.93. The third-order valence-corrected chi connectivity index (χ3v) is 3.16. The van der Waals surface area contributed by atoms with Crippen LogP contribution in [0.15, 0.2) is 17.7 Å². The van der Waals surface area contributed by atoms with Crippen molar-refractivity contribution in [2.75, 3.05) is 6.61 Å². The van der Waals surface area contributed by atoms with E-state index >= 15 is 0 Å². The van der Waals surface area contributed by atoms with Gasteiger partial charge in [-0.05, 0) is 44.0 Å². The van der Waals surface area contributed by atoms with Crippen molar-refractivity contribution in [2.24, 2.45) is 0 Å². The predicted molar refractivity (Wildman–Crippen MR) is 71.3 cm³/mol. The lowest BCUT2D eigenvalue weighted by Crippen LogP contribution is -2.07. The maximum Gasteiger partial charge on any atom is 0.333 e. The molecule has 0 amide bonds. The number of benzene rings is 1. The van der Waals surface area contributed by atoms with Gasteiger partial charge in [-0.25, -0.2) is 9.18 Å². The van der Waals surface area contributed by atoms with Crippen molar-refractivity contribution in [1.82, 2.24) is 0 Å². The van der Waals surface area contributed by atoms with Gasteiger partial charge in [-0.2, -0.15) is 0 Å². The van der Waals surface area contributed by atoms with Crippen LogP contribution in [0.4, 0.5) is 4.39 Å². The van der Waals surface area contributed by atoms with E-state index in [0.29, 0.717) is 21.7 Å². The Balaban J connectivity index is 3.25. The van der Waals surface area contributed by atoms with Crippen molar-refractivity contribution in [3.63, 3.8) is 0 Å². The highest BCUT2D eigenvalue weighted by molar-refractivity contribution is 6.35. The maximum absolute atomic E-state index is 13.4. The maximum atomic E-state index is 13.4. The minimum Gasteiger partial charge on any atom is -0.463 e. The zero-order chi connectivity index (χ0) is 13.9. The molecule has 1 aromatic carbocycles. The molecule has 0 aliphatic rings. The van der Waals surface area contributed by atoms with Gasteiger partial charge in [0.25, 0.3) is 0 Å². The summed E-state index contributed by atoms with van der Waals surface area (Å²) in [6, 6.07) is 2.53. The Hall–Kier alpha value is -1.06. The number of halogens is 3. The molecule has 5 heteroatoms. The van der Waals surface area contributed by atoms with Gasteiger partial charge in [0, 0.05) is 10.6 Å². The van der Waals surface area contributed by atoms with Gasteiger partial charge in [0.2, 0.25) is 0 Å². The molecule has 1 aromatic rings. The van der Waals surface area contributed by atoms with Crippen LogP contribution in [0.3, 0.4) is 0 Å². The smallest absolute Gasteiger partial charge is 0.333 e. The summed E-state index contributed by atoms with van der Waals surface area (Å²) in [7, 11) is 0. The molecule has 0 spiro atoms. The SMILES string of the molecule is CCOC(=O)/C(C)=C(/C)c1cc(F)c(Cl)cc1Cl. The topological polar surface area (TPSA) is 26.3 Å². The zero-order valence-corrected chi connectivity index (χ0v) is 11.8. The zero-order valence-electron chi connectivity index (χ0n) is 10.3. The van der Waals surface area contributed by atoms with Crippen LogP contribution in [0.5, 0.6) is 0 Å². The highest BCUT2D eigenvalue weighted by Gasteiger charge is 2.14. The number of rotatable bonds is 3. The van der Waals surface area contributed by atoms with Crippen LogP contribution in [0.1, 0.15) is 26.3 Å². The first-order valence-electron chi connectivity index (χ1n) is 5.38. The minimum absolute atomic E-state index is 0.0506. The Morgan fingerprint density at radius 2 is 1.89 bits per heavy atom. The fraction of sp³-hybridized carbons (Fsp3) is 0.308. The second-order valence-corrected chi connectivity index (χ2v) is 4.53. The second-order valence-electron chi connectivity index (χ2n) is 3.72. The molecule has 1 rings (SSSR count). The average molecular weight is 291 g/mol.